The molecule has 0 fully saturated rings. The highest BCUT2D eigenvalue weighted by Crippen LogP contribution is 2.31. The van der Waals surface area contributed by atoms with Gasteiger partial charge in [0, 0.05) is 12.1 Å². The third-order valence-electron chi connectivity index (χ3n) is 4.27. The van der Waals surface area contributed by atoms with Crippen LogP contribution in [0.15, 0.2) is 60.9 Å². The van der Waals surface area contributed by atoms with Crippen LogP contribution in [0.1, 0.15) is 23.0 Å². The van der Waals surface area contributed by atoms with Crippen molar-refractivity contribution in [3.05, 3.63) is 77.9 Å². The van der Waals surface area contributed by atoms with Gasteiger partial charge in [-0.25, -0.2) is 4.98 Å². The van der Waals surface area contributed by atoms with Crippen molar-refractivity contribution < 1.29 is 14.6 Å². The number of hydrogen-bond acceptors (Lipinski definition) is 4. The average molecular weight is 335 g/mol. The molecule has 4 rings (SSSR count). The monoisotopic (exact) mass is 335 g/mol. The molecule has 0 amide bonds. The number of carboxylic acids is 1. The number of carboxylic acid groups (broad SMARTS) is 1. The van der Waals surface area contributed by atoms with E-state index in [4.69, 9.17) is 4.74 Å². The van der Waals surface area contributed by atoms with Crippen LogP contribution in [0.3, 0.4) is 0 Å². The number of nitrogens with one attached hydrogen (secondary N) is 2. The van der Waals surface area contributed by atoms with Gasteiger partial charge in [-0.3, -0.25) is 10.1 Å². The minimum atomic E-state index is -0.873. The maximum absolute atomic E-state index is 11.4. The van der Waals surface area contributed by atoms with E-state index in [1.54, 1.807) is 6.33 Å². The fourth-order valence-corrected chi connectivity index (χ4v) is 3.08. The van der Waals surface area contributed by atoms with Crippen molar-refractivity contribution in [2.45, 2.75) is 18.5 Å². The number of H-pyrrole nitrogens is 1. The number of carbonyl (C=O) groups is 1. The number of aliphatic carboxylic acids is 1. The van der Waals surface area contributed by atoms with Crippen LogP contribution in [0.4, 0.5) is 0 Å². The van der Waals surface area contributed by atoms with E-state index in [9.17, 15) is 9.90 Å². The Morgan fingerprint density at radius 2 is 1.92 bits per heavy atom. The van der Waals surface area contributed by atoms with Crippen molar-refractivity contribution in [2.24, 2.45) is 0 Å². The van der Waals surface area contributed by atoms with Crippen molar-refractivity contribution in [2.75, 3.05) is 0 Å². The Labute approximate surface area is 144 Å². The van der Waals surface area contributed by atoms with Gasteiger partial charge in [0.05, 0.1) is 18.1 Å². The zero-order valence-electron chi connectivity index (χ0n) is 13.3. The highest BCUT2D eigenvalue weighted by molar-refractivity contribution is 5.74. The van der Waals surface area contributed by atoms with Crippen molar-refractivity contribution in [3.63, 3.8) is 0 Å². The van der Waals surface area contributed by atoms with Gasteiger partial charge in [0.25, 0.3) is 0 Å². The number of aromatic amines is 1. The molecule has 0 unspecified atom stereocenters. The second kappa shape index (κ2) is 6.41. The molecule has 6 heteroatoms. The third-order valence-corrected chi connectivity index (χ3v) is 4.27. The molecule has 0 saturated heterocycles. The standard InChI is InChI=1S/C19H17N3O3/c23-19(24)16-10-15-18(21-11-20-15)17(22-16)12-5-4-8-14(9-12)25-13-6-2-1-3-7-13/h1-9,11,16-17,22H,10H2,(H,20,21)(H,23,24)/t16-,17-/m1/s1. The molecule has 0 bridgehead atoms. The summed E-state index contributed by atoms with van der Waals surface area (Å²) in [7, 11) is 0. The summed E-state index contributed by atoms with van der Waals surface area (Å²) in [5.74, 6) is 0.571. The van der Waals surface area contributed by atoms with Crippen LogP contribution in [0.2, 0.25) is 0 Å². The van der Waals surface area contributed by atoms with Crippen molar-refractivity contribution in [1.82, 2.24) is 15.3 Å². The summed E-state index contributed by atoms with van der Waals surface area (Å²) in [5, 5.41) is 12.6. The molecule has 6 nitrogen and oxygen atoms in total. The van der Waals surface area contributed by atoms with Gasteiger partial charge >= 0.3 is 5.97 Å². The first kappa shape index (κ1) is 15.4. The minimum Gasteiger partial charge on any atom is -0.480 e. The average Bonchev–Trinajstić information content (AvgIpc) is 3.10. The lowest BCUT2D eigenvalue weighted by Gasteiger charge is -2.28. The molecule has 2 aromatic carbocycles. The summed E-state index contributed by atoms with van der Waals surface area (Å²) in [4.78, 5) is 18.9. The van der Waals surface area contributed by atoms with E-state index in [-0.39, 0.29) is 6.04 Å². The number of nitrogens with zero attached hydrogens (tertiary/aromatic N) is 1. The van der Waals surface area contributed by atoms with Gasteiger partial charge in [-0.2, -0.15) is 0 Å². The first-order valence-electron chi connectivity index (χ1n) is 8.04. The fourth-order valence-electron chi connectivity index (χ4n) is 3.08. The van der Waals surface area contributed by atoms with Gasteiger partial charge in [-0.1, -0.05) is 30.3 Å². The van der Waals surface area contributed by atoms with E-state index in [0.717, 1.165) is 22.7 Å². The molecule has 0 aliphatic carbocycles. The second-order valence-corrected chi connectivity index (χ2v) is 5.95. The van der Waals surface area contributed by atoms with Crippen LogP contribution >= 0.6 is 0 Å². The molecule has 1 aliphatic heterocycles. The third kappa shape index (κ3) is 3.12. The predicted molar refractivity (Wildman–Crippen MR) is 91.7 cm³/mol. The highest BCUT2D eigenvalue weighted by Gasteiger charge is 2.33. The molecule has 3 N–H and O–H groups in total. The predicted octanol–water partition coefficient (Wildman–Crippen LogP) is 2.89. The molecule has 0 radical (unpaired) electrons. The molecular weight excluding hydrogens is 318 g/mol. The number of rotatable bonds is 4. The second-order valence-electron chi connectivity index (χ2n) is 5.95. The van der Waals surface area contributed by atoms with Gasteiger partial charge in [0.1, 0.15) is 17.5 Å². The lowest BCUT2D eigenvalue weighted by molar-refractivity contribution is -0.139. The van der Waals surface area contributed by atoms with Crippen LogP contribution < -0.4 is 10.1 Å². The van der Waals surface area contributed by atoms with Crippen molar-refractivity contribution >= 4 is 5.97 Å². The van der Waals surface area contributed by atoms with E-state index in [1.165, 1.54) is 0 Å². The number of benzene rings is 2. The normalized spacial score (nSPS) is 19.2. The zero-order chi connectivity index (χ0) is 17.2. The number of ether oxygens (including phenoxy) is 1. The molecule has 1 aromatic heterocycles. The number of imidazole rings is 1. The van der Waals surface area contributed by atoms with E-state index in [0.29, 0.717) is 12.2 Å². The van der Waals surface area contributed by atoms with E-state index < -0.39 is 12.0 Å². The van der Waals surface area contributed by atoms with Gasteiger partial charge in [-0.15, -0.1) is 0 Å². The van der Waals surface area contributed by atoms with E-state index in [2.05, 4.69) is 15.3 Å². The van der Waals surface area contributed by atoms with Crippen LogP contribution in [-0.2, 0) is 11.2 Å². The molecule has 1 aliphatic rings. The molecular formula is C19H17N3O3. The van der Waals surface area contributed by atoms with E-state index in [1.807, 2.05) is 54.6 Å². The Morgan fingerprint density at radius 1 is 1.12 bits per heavy atom. The Hall–Kier alpha value is -3.12. The topological polar surface area (TPSA) is 87.2 Å². The lowest BCUT2D eigenvalue weighted by Crippen LogP contribution is -2.45. The van der Waals surface area contributed by atoms with Crippen molar-refractivity contribution in [1.29, 1.82) is 0 Å². The van der Waals surface area contributed by atoms with Crippen LogP contribution in [-0.4, -0.2) is 27.1 Å². The zero-order valence-corrected chi connectivity index (χ0v) is 13.3. The fraction of sp³-hybridized carbons (Fsp3) is 0.158. The Morgan fingerprint density at radius 3 is 2.72 bits per heavy atom. The first-order chi connectivity index (χ1) is 12.2. The molecule has 25 heavy (non-hydrogen) atoms. The molecule has 2 atom stereocenters. The Bertz CT molecular complexity index is 892. The van der Waals surface area contributed by atoms with Gasteiger partial charge in [0.15, 0.2) is 0 Å². The summed E-state index contributed by atoms with van der Waals surface area (Å²) in [5.41, 5.74) is 2.59. The van der Waals surface area contributed by atoms with Gasteiger partial charge < -0.3 is 14.8 Å². The van der Waals surface area contributed by atoms with Crippen molar-refractivity contribution in [3.8, 4) is 11.5 Å². The number of hydrogen-bond donors (Lipinski definition) is 3. The summed E-state index contributed by atoms with van der Waals surface area (Å²) in [6, 6.07) is 16.2. The number of aromatic nitrogens is 2. The highest BCUT2D eigenvalue weighted by atomic mass is 16.5. The van der Waals surface area contributed by atoms with Crippen LogP contribution in [0, 0.1) is 0 Å². The molecule has 0 spiro atoms. The number of fused-ring (bicyclic) bond motifs is 1. The van der Waals surface area contributed by atoms with Gasteiger partial charge in [0.2, 0.25) is 0 Å². The van der Waals surface area contributed by atoms with Gasteiger partial charge in [-0.05, 0) is 29.8 Å². The Kier molecular flexibility index (Phi) is 3.95. The minimum absolute atomic E-state index is 0.296. The summed E-state index contributed by atoms with van der Waals surface area (Å²) in [6.45, 7) is 0. The van der Waals surface area contributed by atoms with E-state index >= 15 is 0 Å². The summed E-state index contributed by atoms with van der Waals surface area (Å²) in [6.07, 6.45) is 2.00. The SMILES string of the molecule is O=C(O)[C@H]1Cc2[nH]cnc2[C@@H](c2cccc(Oc3ccccc3)c2)N1. The summed E-state index contributed by atoms with van der Waals surface area (Å²) >= 11 is 0. The quantitative estimate of drug-likeness (QED) is 0.682. The first-order valence-corrected chi connectivity index (χ1v) is 8.04. The maximum atomic E-state index is 11.4. The summed E-state index contributed by atoms with van der Waals surface area (Å²) < 4.78 is 5.88. The Balaban J connectivity index is 1.65. The molecule has 126 valence electrons. The largest absolute Gasteiger partial charge is 0.480 e. The lowest BCUT2D eigenvalue weighted by atomic mass is 9.94. The van der Waals surface area contributed by atoms with Crippen LogP contribution in [0.25, 0.3) is 0 Å². The molecule has 2 heterocycles. The maximum Gasteiger partial charge on any atom is 0.321 e. The smallest absolute Gasteiger partial charge is 0.321 e. The molecule has 3 aromatic rings. The molecule has 0 saturated carbocycles. The number of para-hydroxylation sites is 1. The van der Waals surface area contributed by atoms with Crippen LogP contribution in [0.5, 0.6) is 11.5 Å².